The number of aromatic amines is 1. The first-order valence-electron chi connectivity index (χ1n) is 15.3. The van der Waals surface area contributed by atoms with Gasteiger partial charge in [0.05, 0.1) is 19.7 Å². The normalized spacial score (nSPS) is 20.8. The summed E-state index contributed by atoms with van der Waals surface area (Å²) in [4.78, 5) is 34.8. The van der Waals surface area contributed by atoms with Crippen LogP contribution >= 0.6 is 0 Å². The van der Waals surface area contributed by atoms with Crippen molar-refractivity contribution in [2.24, 2.45) is 16.3 Å². The Bertz CT molecular complexity index is 1510. The summed E-state index contributed by atoms with van der Waals surface area (Å²) in [6.45, 7) is 13.2. The van der Waals surface area contributed by atoms with Crippen LogP contribution in [-0.4, -0.2) is 55.8 Å². The summed E-state index contributed by atoms with van der Waals surface area (Å²) in [6.07, 6.45) is 5.08. The smallest absolute Gasteiger partial charge is 0.275 e. The molecule has 1 saturated carbocycles. The molecule has 0 saturated heterocycles. The highest BCUT2D eigenvalue weighted by Crippen LogP contribution is 2.48. The molecule has 0 unspecified atom stereocenters. The second kappa shape index (κ2) is 12.7. The molecule has 1 aromatic heterocycles. The van der Waals surface area contributed by atoms with Crippen molar-refractivity contribution in [3.63, 3.8) is 0 Å². The Morgan fingerprint density at radius 1 is 1.18 bits per heavy atom. The second-order valence-corrected chi connectivity index (χ2v) is 13.2. The van der Waals surface area contributed by atoms with E-state index >= 15 is 0 Å². The third-order valence-corrected chi connectivity index (χ3v) is 8.85. The molecule has 1 aliphatic heterocycles. The Morgan fingerprint density at radius 2 is 1.91 bits per heavy atom. The lowest BCUT2D eigenvalue weighted by atomic mass is 9.77. The number of nitrogens with one attached hydrogen (secondary N) is 2. The third-order valence-electron chi connectivity index (χ3n) is 8.85. The van der Waals surface area contributed by atoms with Gasteiger partial charge >= 0.3 is 0 Å². The summed E-state index contributed by atoms with van der Waals surface area (Å²) < 4.78 is 5.48. The predicted molar refractivity (Wildman–Crippen MR) is 169 cm³/mol. The third kappa shape index (κ3) is 6.74. The molecule has 10 heteroatoms. The van der Waals surface area contributed by atoms with Crippen LogP contribution in [0.4, 0.5) is 0 Å². The van der Waals surface area contributed by atoms with Crippen molar-refractivity contribution in [1.82, 2.24) is 30.8 Å². The van der Waals surface area contributed by atoms with Gasteiger partial charge in [0.15, 0.2) is 5.82 Å². The monoisotopic (exact) mass is 597 g/mol. The van der Waals surface area contributed by atoms with Gasteiger partial charge in [-0.2, -0.15) is 5.21 Å². The standard InChI is InChI=1S/C34H43N7O3/c1-22(2)23-14-18-34(19-15-23)36-30(26-8-7-9-27(20-26)44-6)32(43)41(34)28(16-17-33(3,4)5)24-10-12-25(13-11-24)31(42)35-21-29-37-39-40-38-29/h7-13,20,23,28H,1,14-19,21H2,2-6H3,(H,35,42)(H,37,38,39,40)/t23?,28-,34?/m1/s1. The van der Waals surface area contributed by atoms with Crippen molar-refractivity contribution in [1.29, 1.82) is 0 Å². The number of hydrogen-bond donors (Lipinski definition) is 2. The van der Waals surface area contributed by atoms with Crippen molar-refractivity contribution in [2.75, 3.05) is 7.11 Å². The number of carbonyl (C=O) groups is 2. The number of rotatable bonds is 10. The van der Waals surface area contributed by atoms with Crippen molar-refractivity contribution in [2.45, 2.75) is 84.5 Å². The second-order valence-electron chi connectivity index (χ2n) is 13.2. The predicted octanol–water partition coefficient (Wildman–Crippen LogP) is 5.80. The average Bonchev–Trinajstić information content (AvgIpc) is 3.63. The summed E-state index contributed by atoms with van der Waals surface area (Å²) in [6, 6.07) is 15.0. The van der Waals surface area contributed by atoms with E-state index in [1.807, 2.05) is 48.5 Å². The highest BCUT2D eigenvalue weighted by molar-refractivity contribution is 6.46. The van der Waals surface area contributed by atoms with E-state index in [-0.39, 0.29) is 29.8 Å². The van der Waals surface area contributed by atoms with E-state index in [0.29, 0.717) is 28.8 Å². The van der Waals surface area contributed by atoms with Gasteiger partial charge in [-0.15, -0.1) is 10.2 Å². The van der Waals surface area contributed by atoms with E-state index in [1.54, 1.807) is 7.11 Å². The van der Waals surface area contributed by atoms with Gasteiger partial charge in [-0.05, 0) is 86.6 Å². The van der Waals surface area contributed by atoms with Gasteiger partial charge in [-0.25, -0.2) is 0 Å². The molecule has 2 aliphatic rings. The van der Waals surface area contributed by atoms with E-state index in [1.165, 1.54) is 5.57 Å². The maximum atomic E-state index is 14.6. The molecule has 2 N–H and O–H groups in total. The molecule has 10 nitrogen and oxygen atoms in total. The van der Waals surface area contributed by atoms with Crippen LogP contribution in [0.3, 0.4) is 0 Å². The van der Waals surface area contributed by atoms with Gasteiger partial charge in [0.2, 0.25) is 0 Å². The van der Waals surface area contributed by atoms with Crippen LogP contribution in [0.5, 0.6) is 5.75 Å². The Hall–Kier alpha value is -4.34. The van der Waals surface area contributed by atoms with E-state index in [9.17, 15) is 9.59 Å². The van der Waals surface area contributed by atoms with Crippen LogP contribution in [0.2, 0.25) is 0 Å². The van der Waals surface area contributed by atoms with E-state index in [4.69, 9.17) is 9.73 Å². The lowest BCUT2D eigenvalue weighted by molar-refractivity contribution is -0.133. The average molecular weight is 598 g/mol. The maximum Gasteiger partial charge on any atom is 0.275 e. The molecular weight excluding hydrogens is 554 g/mol. The number of ether oxygens (including phenoxy) is 1. The molecule has 0 bridgehead atoms. The van der Waals surface area contributed by atoms with Gasteiger partial charge in [-0.3, -0.25) is 14.6 Å². The fourth-order valence-corrected chi connectivity index (χ4v) is 6.32. The Morgan fingerprint density at radius 3 is 2.52 bits per heavy atom. The molecule has 0 radical (unpaired) electrons. The summed E-state index contributed by atoms with van der Waals surface area (Å²) in [5, 5.41) is 16.5. The molecule has 1 aliphatic carbocycles. The number of amides is 2. The largest absolute Gasteiger partial charge is 0.497 e. The van der Waals surface area contributed by atoms with Gasteiger partial charge in [-0.1, -0.05) is 62.4 Å². The number of aliphatic imine (C=N–C) groups is 1. The number of allylic oxidation sites excluding steroid dienone is 1. The van der Waals surface area contributed by atoms with Crippen LogP contribution in [0.1, 0.15) is 99.6 Å². The summed E-state index contributed by atoms with van der Waals surface area (Å²) in [7, 11) is 1.63. The number of benzene rings is 2. The minimum atomic E-state index is -0.648. The highest BCUT2D eigenvalue weighted by atomic mass is 16.5. The Balaban J connectivity index is 1.50. The highest BCUT2D eigenvalue weighted by Gasteiger charge is 2.52. The first kappa shape index (κ1) is 31.1. The van der Waals surface area contributed by atoms with Crippen molar-refractivity contribution in [3.8, 4) is 5.75 Å². The van der Waals surface area contributed by atoms with Crippen molar-refractivity contribution >= 4 is 17.5 Å². The maximum absolute atomic E-state index is 14.6. The number of aromatic nitrogens is 4. The Labute approximate surface area is 259 Å². The number of tetrazole rings is 1. The van der Waals surface area contributed by atoms with Crippen LogP contribution in [0, 0.1) is 11.3 Å². The molecule has 2 heterocycles. The molecule has 3 aromatic rings. The lowest BCUT2D eigenvalue weighted by Gasteiger charge is -2.46. The number of carbonyl (C=O) groups excluding carboxylic acids is 2. The number of hydrogen-bond acceptors (Lipinski definition) is 7. The fourth-order valence-electron chi connectivity index (χ4n) is 6.32. The van der Waals surface area contributed by atoms with Crippen LogP contribution in [0.15, 0.2) is 65.7 Å². The van der Waals surface area contributed by atoms with Crippen LogP contribution in [0.25, 0.3) is 0 Å². The van der Waals surface area contributed by atoms with E-state index < -0.39 is 5.66 Å². The first-order chi connectivity index (χ1) is 21.0. The quantitative estimate of drug-likeness (QED) is 0.285. The summed E-state index contributed by atoms with van der Waals surface area (Å²) >= 11 is 0. The van der Waals surface area contributed by atoms with Gasteiger partial charge in [0, 0.05) is 11.1 Å². The molecule has 2 aromatic carbocycles. The zero-order chi connectivity index (χ0) is 31.5. The minimum absolute atomic E-state index is 0.0622. The Kier molecular flexibility index (Phi) is 8.99. The first-order valence-corrected chi connectivity index (χ1v) is 15.3. The van der Waals surface area contributed by atoms with E-state index in [0.717, 1.165) is 49.7 Å². The SMILES string of the molecule is C=C(C)C1CCC2(CC1)N=C(c1cccc(OC)c1)C(=O)N2[C@H](CCC(C)(C)C)c1ccc(C(=O)NCc2nn[nH]n2)cc1. The van der Waals surface area contributed by atoms with E-state index in [2.05, 4.69) is 65.1 Å². The molecule has 44 heavy (non-hydrogen) atoms. The van der Waals surface area contributed by atoms with Gasteiger partial charge in [0.25, 0.3) is 11.8 Å². The lowest BCUT2D eigenvalue weighted by Crippen LogP contribution is -2.51. The topological polar surface area (TPSA) is 125 Å². The molecule has 1 atom stereocenters. The molecule has 5 rings (SSSR count). The molecule has 232 valence electrons. The fraction of sp³-hybridized carbons (Fsp3) is 0.471. The van der Waals surface area contributed by atoms with Crippen molar-refractivity contribution in [3.05, 3.63) is 83.2 Å². The zero-order valence-corrected chi connectivity index (χ0v) is 26.4. The number of nitrogens with zero attached hydrogens (tertiary/aromatic N) is 5. The van der Waals surface area contributed by atoms with Crippen LogP contribution in [-0.2, 0) is 11.3 Å². The molecule has 1 fully saturated rings. The zero-order valence-electron chi connectivity index (χ0n) is 26.4. The molecule has 2 amide bonds. The summed E-state index contributed by atoms with van der Waals surface area (Å²) in [5.74, 6) is 1.22. The number of methoxy groups -OCH3 is 1. The minimum Gasteiger partial charge on any atom is -0.497 e. The summed E-state index contributed by atoms with van der Waals surface area (Å²) in [5.41, 5.74) is 3.36. The van der Waals surface area contributed by atoms with Crippen molar-refractivity contribution < 1.29 is 14.3 Å². The van der Waals surface area contributed by atoms with Gasteiger partial charge < -0.3 is 15.0 Å². The molecular formula is C34H43N7O3. The molecule has 1 spiro atoms. The van der Waals surface area contributed by atoms with Crippen LogP contribution < -0.4 is 10.1 Å². The number of H-pyrrole nitrogens is 1. The van der Waals surface area contributed by atoms with Gasteiger partial charge in [0.1, 0.15) is 17.1 Å².